The summed E-state index contributed by atoms with van der Waals surface area (Å²) < 4.78 is 10.7. The van der Waals surface area contributed by atoms with E-state index in [1.54, 1.807) is 13.4 Å². The van der Waals surface area contributed by atoms with Crippen LogP contribution in [-0.2, 0) is 13.0 Å². The molecule has 0 spiro atoms. The maximum atomic E-state index is 5.37. The second-order valence-electron chi connectivity index (χ2n) is 6.20. The molecule has 1 atom stereocenters. The highest BCUT2D eigenvalue weighted by Gasteiger charge is 2.13. The van der Waals surface area contributed by atoms with Gasteiger partial charge in [-0.3, -0.25) is 0 Å². The summed E-state index contributed by atoms with van der Waals surface area (Å²) in [5.41, 5.74) is 2.72. The van der Waals surface area contributed by atoms with Gasteiger partial charge in [0, 0.05) is 0 Å². The van der Waals surface area contributed by atoms with Crippen molar-refractivity contribution in [1.82, 2.24) is 5.32 Å². The van der Waals surface area contributed by atoms with E-state index in [0.717, 1.165) is 37.4 Å². The van der Waals surface area contributed by atoms with Gasteiger partial charge in [0.2, 0.25) is 0 Å². The summed E-state index contributed by atoms with van der Waals surface area (Å²) in [5.74, 6) is 2.35. The molecule has 3 aromatic rings. The summed E-state index contributed by atoms with van der Waals surface area (Å²) in [7, 11) is 1.70. The third kappa shape index (κ3) is 5.23. The van der Waals surface area contributed by atoms with E-state index in [9.17, 15) is 0 Å². The van der Waals surface area contributed by atoms with Crippen molar-refractivity contribution < 1.29 is 9.15 Å². The van der Waals surface area contributed by atoms with Crippen molar-refractivity contribution in [1.29, 1.82) is 0 Å². The van der Waals surface area contributed by atoms with Gasteiger partial charge in [-0.1, -0.05) is 42.5 Å². The van der Waals surface area contributed by atoms with E-state index in [2.05, 4.69) is 47.8 Å². The quantitative estimate of drug-likeness (QED) is 0.571. The molecule has 0 bridgehead atoms. The summed E-state index contributed by atoms with van der Waals surface area (Å²) in [6.45, 7) is 1.72. The standard InChI is InChI=1S/C22H25NO2/c1-24-21-11-9-19(10-12-21)20(16-18-6-3-2-4-7-18)13-14-23-17-22-8-5-15-25-22/h2-12,15,20,23H,13-14,16-17H2,1H3/t20-/m1/s1. The Labute approximate surface area is 149 Å². The fraction of sp³-hybridized carbons (Fsp3) is 0.273. The molecule has 0 unspecified atom stereocenters. The van der Waals surface area contributed by atoms with E-state index in [4.69, 9.17) is 9.15 Å². The minimum atomic E-state index is 0.470. The summed E-state index contributed by atoms with van der Waals surface area (Å²) >= 11 is 0. The highest BCUT2D eigenvalue weighted by molar-refractivity contribution is 5.31. The van der Waals surface area contributed by atoms with Crippen LogP contribution in [0.4, 0.5) is 0 Å². The Balaban J connectivity index is 1.62. The highest BCUT2D eigenvalue weighted by atomic mass is 16.5. The van der Waals surface area contributed by atoms with Crippen LogP contribution < -0.4 is 10.1 Å². The van der Waals surface area contributed by atoms with Gasteiger partial charge in [-0.25, -0.2) is 0 Å². The Morgan fingerprint density at radius 3 is 2.44 bits per heavy atom. The monoisotopic (exact) mass is 335 g/mol. The Bertz CT molecular complexity index is 720. The molecule has 3 heteroatoms. The lowest BCUT2D eigenvalue weighted by Crippen LogP contribution is -2.18. The zero-order chi connectivity index (χ0) is 17.3. The van der Waals surface area contributed by atoms with Crippen LogP contribution in [0.1, 0.15) is 29.2 Å². The first-order chi connectivity index (χ1) is 12.3. The van der Waals surface area contributed by atoms with Gasteiger partial charge in [0.15, 0.2) is 0 Å². The zero-order valence-electron chi connectivity index (χ0n) is 14.7. The molecule has 1 heterocycles. The molecule has 130 valence electrons. The van der Waals surface area contributed by atoms with Crippen LogP contribution in [0.25, 0.3) is 0 Å². The van der Waals surface area contributed by atoms with Crippen molar-refractivity contribution in [2.45, 2.75) is 25.3 Å². The minimum Gasteiger partial charge on any atom is -0.497 e. The summed E-state index contributed by atoms with van der Waals surface area (Å²) in [6, 6.07) is 23.1. The van der Waals surface area contributed by atoms with Crippen molar-refractivity contribution in [3.8, 4) is 5.75 Å². The lowest BCUT2D eigenvalue weighted by molar-refractivity contribution is 0.414. The van der Waals surface area contributed by atoms with Gasteiger partial charge >= 0.3 is 0 Å². The number of hydrogen-bond acceptors (Lipinski definition) is 3. The Morgan fingerprint density at radius 1 is 0.960 bits per heavy atom. The highest BCUT2D eigenvalue weighted by Crippen LogP contribution is 2.26. The summed E-state index contributed by atoms with van der Waals surface area (Å²) in [4.78, 5) is 0. The summed E-state index contributed by atoms with van der Waals surface area (Å²) in [6.07, 6.45) is 3.82. The van der Waals surface area contributed by atoms with E-state index in [0.29, 0.717) is 5.92 Å². The van der Waals surface area contributed by atoms with Crippen LogP contribution in [0.3, 0.4) is 0 Å². The molecule has 3 nitrogen and oxygen atoms in total. The van der Waals surface area contributed by atoms with Crippen LogP contribution in [0.15, 0.2) is 77.4 Å². The van der Waals surface area contributed by atoms with Gasteiger partial charge in [-0.15, -0.1) is 0 Å². The van der Waals surface area contributed by atoms with Gasteiger partial charge in [0.1, 0.15) is 11.5 Å². The Morgan fingerprint density at radius 2 is 1.76 bits per heavy atom. The molecular formula is C22H25NO2. The molecule has 0 saturated carbocycles. The van der Waals surface area contributed by atoms with E-state index in [1.165, 1.54) is 11.1 Å². The van der Waals surface area contributed by atoms with Crippen molar-refractivity contribution >= 4 is 0 Å². The van der Waals surface area contributed by atoms with E-state index >= 15 is 0 Å². The van der Waals surface area contributed by atoms with Gasteiger partial charge in [0.05, 0.1) is 19.9 Å². The first-order valence-corrected chi connectivity index (χ1v) is 8.76. The number of rotatable bonds is 9. The molecular weight excluding hydrogens is 310 g/mol. The van der Waals surface area contributed by atoms with Crippen molar-refractivity contribution in [2.24, 2.45) is 0 Å². The number of methoxy groups -OCH3 is 1. The molecule has 0 aliphatic carbocycles. The van der Waals surface area contributed by atoms with Crippen LogP contribution in [0.5, 0.6) is 5.75 Å². The number of nitrogens with one attached hydrogen (secondary N) is 1. The van der Waals surface area contributed by atoms with Crippen molar-refractivity contribution in [3.63, 3.8) is 0 Å². The van der Waals surface area contributed by atoms with Crippen molar-refractivity contribution in [3.05, 3.63) is 89.9 Å². The van der Waals surface area contributed by atoms with Gasteiger partial charge in [0.25, 0.3) is 0 Å². The summed E-state index contributed by atoms with van der Waals surface area (Å²) in [5, 5.41) is 3.48. The lowest BCUT2D eigenvalue weighted by Gasteiger charge is -2.18. The molecule has 2 aromatic carbocycles. The SMILES string of the molecule is COc1ccc([C@H](CCNCc2ccco2)Cc2ccccc2)cc1. The molecule has 25 heavy (non-hydrogen) atoms. The fourth-order valence-electron chi connectivity index (χ4n) is 3.06. The number of ether oxygens (including phenoxy) is 1. The minimum absolute atomic E-state index is 0.470. The van der Waals surface area contributed by atoms with Crippen LogP contribution in [0.2, 0.25) is 0 Å². The normalized spacial score (nSPS) is 12.0. The smallest absolute Gasteiger partial charge is 0.118 e. The molecule has 1 aromatic heterocycles. The maximum absolute atomic E-state index is 5.37. The molecule has 0 amide bonds. The average molecular weight is 335 g/mol. The molecule has 0 aliphatic heterocycles. The van der Waals surface area contributed by atoms with Crippen LogP contribution >= 0.6 is 0 Å². The molecule has 0 fully saturated rings. The maximum Gasteiger partial charge on any atom is 0.118 e. The first-order valence-electron chi connectivity index (χ1n) is 8.76. The second-order valence-corrected chi connectivity index (χ2v) is 6.20. The molecule has 1 N–H and O–H groups in total. The first kappa shape index (κ1) is 17.3. The lowest BCUT2D eigenvalue weighted by atomic mass is 9.89. The van der Waals surface area contributed by atoms with Crippen molar-refractivity contribution in [2.75, 3.05) is 13.7 Å². The van der Waals surface area contributed by atoms with Gasteiger partial charge in [-0.05, 0) is 60.7 Å². The van der Waals surface area contributed by atoms with Gasteiger partial charge < -0.3 is 14.5 Å². The zero-order valence-corrected chi connectivity index (χ0v) is 14.7. The van der Waals surface area contributed by atoms with E-state index in [1.807, 2.05) is 24.3 Å². The number of hydrogen-bond donors (Lipinski definition) is 1. The fourth-order valence-corrected chi connectivity index (χ4v) is 3.06. The third-order valence-electron chi connectivity index (χ3n) is 4.46. The second kappa shape index (κ2) is 9.09. The Kier molecular flexibility index (Phi) is 6.29. The Hall–Kier alpha value is -2.52. The average Bonchev–Trinajstić information content (AvgIpc) is 3.19. The number of furan rings is 1. The molecule has 3 rings (SSSR count). The molecule has 0 saturated heterocycles. The van der Waals surface area contributed by atoms with Crippen LogP contribution in [0, 0.1) is 0 Å². The number of benzene rings is 2. The largest absolute Gasteiger partial charge is 0.497 e. The predicted octanol–water partition coefficient (Wildman–Crippen LogP) is 4.79. The topological polar surface area (TPSA) is 34.4 Å². The van der Waals surface area contributed by atoms with Gasteiger partial charge in [-0.2, -0.15) is 0 Å². The van der Waals surface area contributed by atoms with E-state index in [-0.39, 0.29) is 0 Å². The molecule has 0 radical (unpaired) electrons. The molecule has 0 aliphatic rings. The third-order valence-corrected chi connectivity index (χ3v) is 4.46. The van der Waals surface area contributed by atoms with E-state index < -0.39 is 0 Å². The van der Waals surface area contributed by atoms with Crippen LogP contribution in [-0.4, -0.2) is 13.7 Å². The predicted molar refractivity (Wildman–Crippen MR) is 101 cm³/mol.